The van der Waals surface area contributed by atoms with E-state index in [-0.39, 0.29) is 11.0 Å². The van der Waals surface area contributed by atoms with Gasteiger partial charge in [0, 0.05) is 10.4 Å². The maximum absolute atomic E-state index is 12.3. The van der Waals surface area contributed by atoms with E-state index in [0.29, 0.717) is 16.9 Å². The number of thiocarbonyl (C=S) groups is 1. The summed E-state index contributed by atoms with van der Waals surface area (Å²) < 4.78 is 5.08. The Bertz CT molecular complexity index is 850. The summed E-state index contributed by atoms with van der Waals surface area (Å²) in [7, 11) is 1.57. The number of ether oxygens (including phenoxy) is 1. The van der Waals surface area contributed by atoms with E-state index in [2.05, 4.69) is 16.7 Å². The van der Waals surface area contributed by atoms with E-state index in [1.54, 1.807) is 42.7 Å². The highest BCUT2D eigenvalue weighted by molar-refractivity contribution is 7.80. The van der Waals surface area contributed by atoms with Crippen LogP contribution < -0.4 is 15.4 Å². The standard InChI is InChI=1S/C18H17N3O2S2/c1-23-12-8-6-11(7-9-12)16(22)20-18(24)21-17-14(10-19)13-4-2-3-5-15(13)25-17/h6-9H,2-5H2,1H3,(H2,20,21,22,24). The third-order valence-electron chi connectivity index (χ3n) is 4.09. The van der Waals surface area contributed by atoms with Gasteiger partial charge in [0.15, 0.2) is 5.11 Å². The minimum atomic E-state index is -0.306. The van der Waals surface area contributed by atoms with Crippen molar-refractivity contribution in [2.75, 3.05) is 12.4 Å². The summed E-state index contributed by atoms with van der Waals surface area (Å²) in [5, 5.41) is 16.0. The molecule has 3 rings (SSSR count). The fourth-order valence-electron chi connectivity index (χ4n) is 2.82. The monoisotopic (exact) mass is 371 g/mol. The van der Waals surface area contributed by atoms with E-state index < -0.39 is 0 Å². The number of nitrogens with zero attached hydrogens (tertiary/aromatic N) is 1. The van der Waals surface area contributed by atoms with Crippen molar-refractivity contribution in [3.8, 4) is 11.8 Å². The minimum absolute atomic E-state index is 0.191. The lowest BCUT2D eigenvalue weighted by atomic mass is 9.96. The van der Waals surface area contributed by atoms with Gasteiger partial charge in [0.1, 0.15) is 16.8 Å². The zero-order chi connectivity index (χ0) is 17.8. The fourth-order valence-corrected chi connectivity index (χ4v) is 4.33. The van der Waals surface area contributed by atoms with E-state index in [9.17, 15) is 10.1 Å². The molecule has 5 nitrogen and oxygen atoms in total. The van der Waals surface area contributed by atoms with Gasteiger partial charge in [0.05, 0.1) is 12.7 Å². The maximum atomic E-state index is 12.3. The van der Waals surface area contributed by atoms with Crippen molar-refractivity contribution < 1.29 is 9.53 Å². The van der Waals surface area contributed by atoms with Crippen LogP contribution in [0.1, 0.15) is 39.2 Å². The second-order valence-corrected chi connectivity index (χ2v) is 7.18. The summed E-state index contributed by atoms with van der Waals surface area (Å²) in [4.78, 5) is 13.5. The van der Waals surface area contributed by atoms with Crippen LogP contribution in [0.4, 0.5) is 5.00 Å². The zero-order valence-electron chi connectivity index (χ0n) is 13.7. The second kappa shape index (κ2) is 7.64. The number of fused-ring (bicyclic) bond motifs is 1. The molecule has 0 saturated carbocycles. The largest absolute Gasteiger partial charge is 0.497 e. The molecule has 2 aromatic rings. The zero-order valence-corrected chi connectivity index (χ0v) is 15.4. The molecule has 0 spiro atoms. The number of carbonyl (C=O) groups excluding carboxylic acids is 1. The molecule has 0 saturated heterocycles. The van der Waals surface area contributed by atoms with Crippen molar-refractivity contribution in [1.82, 2.24) is 5.32 Å². The van der Waals surface area contributed by atoms with Crippen molar-refractivity contribution in [2.45, 2.75) is 25.7 Å². The molecule has 0 aliphatic heterocycles. The Labute approximate surface area is 155 Å². The van der Waals surface area contributed by atoms with Crippen LogP contribution in [0.3, 0.4) is 0 Å². The van der Waals surface area contributed by atoms with Crippen LogP contribution in [-0.4, -0.2) is 18.1 Å². The molecule has 128 valence electrons. The molecule has 1 amide bonds. The number of carbonyl (C=O) groups is 1. The molecule has 0 radical (unpaired) electrons. The van der Waals surface area contributed by atoms with Gasteiger partial charge in [0.25, 0.3) is 5.91 Å². The summed E-state index contributed by atoms with van der Waals surface area (Å²) in [5.74, 6) is 0.375. The highest BCUT2D eigenvalue weighted by Gasteiger charge is 2.21. The van der Waals surface area contributed by atoms with Gasteiger partial charge in [-0.15, -0.1) is 11.3 Å². The van der Waals surface area contributed by atoms with Gasteiger partial charge in [-0.2, -0.15) is 5.26 Å². The lowest BCUT2D eigenvalue weighted by Gasteiger charge is -2.10. The normalized spacial score (nSPS) is 12.6. The molecule has 2 N–H and O–H groups in total. The van der Waals surface area contributed by atoms with Crippen molar-refractivity contribution in [2.24, 2.45) is 0 Å². The predicted octanol–water partition coefficient (Wildman–Crippen LogP) is 3.63. The quantitative estimate of drug-likeness (QED) is 0.806. The van der Waals surface area contributed by atoms with Crippen molar-refractivity contribution in [3.05, 3.63) is 45.8 Å². The first-order valence-corrected chi connectivity index (χ1v) is 9.16. The van der Waals surface area contributed by atoms with Crippen LogP contribution in [0.5, 0.6) is 5.75 Å². The Morgan fingerprint density at radius 1 is 1.28 bits per heavy atom. The Hall–Kier alpha value is -2.43. The molecule has 0 atom stereocenters. The van der Waals surface area contributed by atoms with Gasteiger partial charge < -0.3 is 10.1 Å². The average Bonchev–Trinajstić information content (AvgIpc) is 2.98. The molecule has 0 fully saturated rings. The van der Waals surface area contributed by atoms with Crippen LogP contribution in [0.15, 0.2) is 24.3 Å². The Balaban J connectivity index is 1.69. The molecular weight excluding hydrogens is 354 g/mol. The lowest BCUT2D eigenvalue weighted by molar-refractivity contribution is 0.0977. The topological polar surface area (TPSA) is 74.2 Å². The fraction of sp³-hybridized carbons (Fsp3) is 0.278. The number of anilines is 1. The summed E-state index contributed by atoms with van der Waals surface area (Å²) >= 11 is 6.79. The van der Waals surface area contributed by atoms with Gasteiger partial charge in [-0.3, -0.25) is 10.1 Å². The second-order valence-electron chi connectivity index (χ2n) is 5.66. The maximum Gasteiger partial charge on any atom is 0.257 e. The van der Waals surface area contributed by atoms with E-state index in [4.69, 9.17) is 17.0 Å². The first kappa shape index (κ1) is 17.4. The van der Waals surface area contributed by atoms with E-state index in [1.807, 2.05) is 0 Å². The number of nitriles is 1. The molecule has 7 heteroatoms. The van der Waals surface area contributed by atoms with Gasteiger partial charge in [-0.25, -0.2) is 0 Å². The molecular formula is C18H17N3O2S2. The van der Waals surface area contributed by atoms with Crippen LogP contribution in [0, 0.1) is 11.3 Å². The first-order valence-electron chi connectivity index (χ1n) is 7.93. The number of rotatable bonds is 3. The molecule has 1 aliphatic carbocycles. The van der Waals surface area contributed by atoms with Crippen molar-refractivity contribution >= 4 is 39.6 Å². The number of benzene rings is 1. The number of aryl methyl sites for hydroxylation is 1. The number of amides is 1. The van der Waals surface area contributed by atoms with Crippen LogP contribution >= 0.6 is 23.6 Å². The number of hydrogen-bond acceptors (Lipinski definition) is 5. The SMILES string of the molecule is COc1ccc(C(=O)NC(=S)Nc2sc3c(c2C#N)CCCC3)cc1. The van der Waals surface area contributed by atoms with Gasteiger partial charge in [-0.1, -0.05) is 0 Å². The first-order chi connectivity index (χ1) is 12.1. The van der Waals surface area contributed by atoms with Crippen molar-refractivity contribution in [1.29, 1.82) is 5.26 Å². The summed E-state index contributed by atoms with van der Waals surface area (Å²) in [6.45, 7) is 0. The molecule has 1 aromatic carbocycles. The van der Waals surface area contributed by atoms with E-state index >= 15 is 0 Å². The van der Waals surface area contributed by atoms with Gasteiger partial charge in [-0.05, 0) is 67.7 Å². The third kappa shape index (κ3) is 3.81. The van der Waals surface area contributed by atoms with Crippen LogP contribution in [0.2, 0.25) is 0 Å². The lowest BCUT2D eigenvalue weighted by Crippen LogP contribution is -2.34. The Morgan fingerprint density at radius 2 is 2.00 bits per heavy atom. The third-order valence-corrected chi connectivity index (χ3v) is 5.50. The predicted molar refractivity (Wildman–Crippen MR) is 102 cm³/mol. The van der Waals surface area contributed by atoms with Crippen molar-refractivity contribution in [3.63, 3.8) is 0 Å². The number of thiophene rings is 1. The Morgan fingerprint density at radius 3 is 2.68 bits per heavy atom. The highest BCUT2D eigenvalue weighted by atomic mass is 32.1. The smallest absolute Gasteiger partial charge is 0.257 e. The number of methoxy groups -OCH3 is 1. The highest BCUT2D eigenvalue weighted by Crippen LogP contribution is 2.37. The molecule has 0 unspecified atom stereocenters. The van der Waals surface area contributed by atoms with Crippen LogP contribution in [-0.2, 0) is 12.8 Å². The van der Waals surface area contributed by atoms with Crippen LogP contribution in [0.25, 0.3) is 0 Å². The number of hydrogen-bond donors (Lipinski definition) is 2. The number of nitrogens with one attached hydrogen (secondary N) is 2. The van der Waals surface area contributed by atoms with Gasteiger partial charge in [0.2, 0.25) is 0 Å². The summed E-state index contributed by atoms with van der Waals surface area (Å²) in [6.07, 6.45) is 4.19. The van der Waals surface area contributed by atoms with E-state index in [1.165, 1.54) is 4.88 Å². The summed E-state index contributed by atoms with van der Waals surface area (Å²) in [5.41, 5.74) is 2.27. The Kier molecular flexibility index (Phi) is 5.31. The van der Waals surface area contributed by atoms with Gasteiger partial charge >= 0.3 is 0 Å². The molecule has 25 heavy (non-hydrogen) atoms. The average molecular weight is 371 g/mol. The molecule has 0 bridgehead atoms. The molecule has 1 heterocycles. The minimum Gasteiger partial charge on any atom is -0.497 e. The molecule has 1 aromatic heterocycles. The molecule has 1 aliphatic rings. The van der Waals surface area contributed by atoms with E-state index in [0.717, 1.165) is 36.2 Å². The summed E-state index contributed by atoms with van der Waals surface area (Å²) in [6, 6.07) is 9.03.